The van der Waals surface area contributed by atoms with Gasteiger partial charge in [0.15, 0.2) is 11.6 Å². The number of fused-ring (bicyclic) bond motifs is 2. The third-order valence-electron chi connectivity index (χ3n) is 7.36. The highest BCUT2D eigenvalue weighted by molar-refractivity contribution is 7.98. The molecule has 0 radical (unpaired) electrons. The van der Waals surface area contributed by atoms with Crippen molar-refractivity contribution in [3.63, 3.8) is 0 Å². The van der Waals surface area contributed by atoms with Gasteiger partial charge in [0.1, 0.15) is 16.9 Å². The molecule has 2 aliphatic heterocycles. The van der Waals surface area contributed by atoms with Gasteiger partial charge >= 0.3 is 0 Å². The Balaban J connectivity index is 0.000000514. The highest BCUT2D eigenvalue weighted by Crippen LogP contribution is 2.44. The van der Waals surface area contributed by atoms with Crippen LogP contribution < -0.4 is 4.90 Å². The SMILES string of the molecule is CC(C)(O)O.Cc1nc(N2CC3CCCC3C2)c2c(n1)c(C1CCC(CO)O1)cn2Sc1ccccc1. The molecule has 4 unspecified atom stereocenters. The average Bonchev–Trinajstić information content (AvgIpc) is 3.61. The predicted molar refractivity (Wildman–Crippen MR) is 145 cm³/mol. The van der Waals surface area contributed by atoms with Crippen molar-refractivity contribution < 1.29 is 20.1 Å². The number of benzene rings is 1. The molecule has 2 saturated heterocycles. The first-order valence-corrected chi connectivity index (χ1v) is 14.1. The number of aliphatic hydroxyl groups excluding tert-OH is 1. The summed E-state index contributed by atoms with van der Waals surface area (Å²) in [4.78, 5) is 13.6. The van der Waals surface area contributed by atoms with E-state index < -0.39 is 5.79 Å². The van der Waals surface area contributed by atoms with Gasteiger partial charge in [-0.15, -0.1) is 0 Å². The van der Waals surface area contributed by atoms with Crippen LogP contribution in [0.25, 0.3) is 11.0 Å². The fourth-order valence-electron chi connectivity index (χ4n) is 5.81. The van der Waals surface area contributed by atoms with Gasteiger partial charge in [-0.05, 0) is 82.4 Å². The Kier molecular flexibility index (Phi) is 7.79. The lowest BCUT2D eigenvalue weighted by Gasteiger charge is -2.21. The normalized spacial score (nSPS) is 25.4. The number of rotatable bonds is 5. The maximum Gasteiger partial charge on any atom is 0.157 e. The minimum absolute atomic E-state index is 0.0348. The summed E-state index contributed by atoms with van der Waals surface area (Å²) >= 11 is 1.71. The fourth-order valence-corrected chi connectivity index (χ4v) is 6.74. The second-order valence-electron chi connectivity index (χ2n) is 11.0. The van der Waals surface area contributed by atoms with Crippen molar-refractivity contribution in [3.8, 4) is 0 Å². The maximum atomic E-state index is 9.59. The Morgan fingerprint density at radius 2 is 1.70 bits per heavy atom. The van der Waals surface area contributed by atoms with Gasteiger partial charge in [-0.2, -0.15) is 0 Å². The van der Waals surface area contributed by atoms with Gasteiger partial charge in [-0.1, -0.05) is 24.6 Å². The number of ether oxygens (including phenoxy) is 1. The Morgan fingerprint density at radius 3 is 2.32 bits per heavy atom. The van der Waals surface area contributed by atoms with Crippen molar-refractivity contribution in [2.24, 2.45) is 11.8 Å². The number of aryl methyl sites for hydroxylation is 1. The molecule has 6 rings (SSSR count). The van der Waals surface area contributed by atoms with E-state index in [-0.39, 0.29) is 18.8 Å². The van der Waals surface area contributed by atoms with Crippen molar-refractivity contribution >= 4 is 28.8 Å². The van der Waals surface area contributed by atoms with Crippen LogP contribution in [0.4, 0.5) is 5.82 Å². The molecule has 3 aliphatic rings. The summed E-state index contributed by atoms with van der Waals surface area (Å²) in [5.74, 6) is 1.97. The molecule has 3 fully saturated rings. The van der Waals surface area contributed by atoms with Crippen molar-refractivity contribution in [2.75, 3.05) is 24.6 Å². The highest BCUT2D eigenvalue weighted by Gasteiger charge is 2.38. The van der Waals surface area contributed by atoms with Gasteiger partial charge in [0, 0.05) is 29.7 Å². The van der Waals surface area contributed by atoms with Crippen LogP contribution in [0.5, 0.6) is 0 Å². The summed E-state index contributed by atoms with van der Waals surface area (Å²) in [6.07, 6.45) is 7.93. The summed E-state index contributed by atoms with van der Waals surface area (Å²) < 4.78 is 8.44. The van der Waals surface area contributed by atoms with E-state index in [9.17, 15) is 5.11 Å². The third-order valence-corrected chi connectivity index (χ3v) is 8.33. The van der Waals surface area contributed by atoms with Crippen LogP contribution in [0.3, 0.4) is 0 Å². The van der Waals surface area contributed by atoms with Gasteiger partial charge in [0.25, 0.3) is 0 Å². The molecule has 2 aromatic heterocycles. The van der Waals surface area contributed by atoms with Crippen molar-refractivity contribution in [1.82, 2.24) is 13.9 Å². The van der Waals surface area contributed by atoms with E-state index in [1.165, 1.54) is 38.0 Å². The standard InChI is InChI=1S/C25H30N4O2S.C3H8O2/c1-16-26-23-21(22-11-10-19(15-30)31-22)14-29(32-20-8-3-2-4-9-20)24(23)25(27-16)28-12-17-6-5-7-18(17)13-28;1-3(2,4)5/h2-4,8-9,14,17-19,22,30H,5-7,10-13,15H2,1H3;4-5H,1-2H3. The maximum absolute atomic E-state index is 9.59. The molecule has 9 heteroatoms. The van der Waals surface area contributed by atoms with Crippen LogP contribution in [0.2, 0.25) is 0 Å². The smallest absolute Gasteiger partial charge is 0.157 e. The predicted octanol–water partition coefficient (Wildman–Crippen LogP) is 4.45. The van der Waals surface area contributed by atoms with Crippen LogP contribution in [-0.4, -0.2) is 60.8 Å². The first-order chi connectivity index (χ1) is 17.7. The summed E-state index contributed by atoms with van der Waals surface area (Å²) in [6.45, 7) is 6.86. The van der Waals surface area contributed by atoms with E-state index in [0.29, 0.717) is 0 Å². The van der Waals surface area contributed by atoms with E-state index in [1.54, 1.807) is 11.9 Å². The minimum Gasteiger partial charge on any atom is -0.394 e. The van der Waals surface area contributed by atoms with Crippen molar-refractivity contribution in [1.29, 1.82) is 0 Å². The van der Waals surface area contributed by atoms with Crippen LogP contribution in [0, 0.1) is 18.8 Å². The molecule has 0 bridgehead atoms. The molecular formula is C28H38N4O4S. The molecule has 0 spiro atoms. The lowest BCUT2D eigenvalue weighted by molar-refractivity contribution is -0.127. The summed E-state index contributed by atoms with van der Waals surface area (Å²) in [6, 6.07) is 10.5. The molecule has 3 aromatic rings. The monoisotopic (exact) mass is 526 g/mol. The van der Waals surface area contributed by atoms with Crippen LogP contribution in [-0.2, 0) is 4.74 Å². The number of aliphatic hydroxyl groups is 3. The van der Waals surface area contributed by atoms with E-state index in [1.807, 2.05) is 13.0 Å². The summed E-state index contributed by atoms with van der Waals surface area (Å²) in [5, 5.41) is 25.7. The summed E-state index contributed by atoms with van der Waals surface area (Å²) in [5.41, 5.74) is 3.21. The largest absolute Gasteiger partial charge is 0.394 e. The number of nitrogens with zero attached hydrogens (tertiary/aromatic N) is 4. The minimum atomic E-state index is -1.50. The Hall–Kier alpha value is -2.17. The molecule has 0 amide bonds. The van der Waals surface area contributed by atoms with Gasteiger partial charge in [-0.3, -0.25) is 3.97 Å². The number of hydrogen-bond donors (Lipinski definition) is 3. The zero-order chi connectivity index (χ0) is 26.2. The first-order valence-electron chi connectivity index (χ1n) is 13.3. The van der Waals surface area contributed by atoms with E-state index in [2.05, 4.69) is 39.3 Å². The van der Waals surface area contributed by atoms with Crippen LogP contribution >= 0.6 is 11.9 Å². The molecule has 8 nitrogen and oxygen atoms in total. The zero-order valence-electron chi connectivity index (χ0n) is 21.9. The molecule has 3 N–H and O–H groups in total. The van der Waals surface area contributed by atoms with Gasteiger partial charge in [0.2, 0.25) is 0 Å². The third kappa shape index (κ3) is 6.12. The summed E-state index contributed by atoms with van der Waals surface area (Å²) in [7, 11) is 0. The van der Waals surface area contributed by atoms with Crippen molar-refractivity contribution in [3.05, 3.63) is 47.9 Å². The number of hydrogen-bond acceptors (Lipinski definition) is 8. The molecule has 37 heavy (non-hydrogen) atoms. The number of aromatic nitrogens is 3. The lowest BCUT2D eigenvalue weighted by Crippen LogP contribution is -2.23. The van der Waals surface area contributed by atoms with Crippen molar-refractivity contribution in [2.45, 2.75) is 75.8 Å². The van der Waals surface area contributed by atoms with Crippen LogP contribution in [0.1, 0.15) is 63.4 Å². The molecule has 1 aliphatic carbocycles. The topological polar surface area (TPSA) is 104 Å². The van der Waals surface area contributed by atoms with E-state index >= 15 is 0 Å². The average molecular weight is 527 g/mol. The van der Waals surface area contributed by atoms with E-state index in [0.717, 1.165) is 66.0 Å². The Bertz CT molecular complexity index is 1190. The molecule has 200 valence electrons. The second-order valence-corrected chi connectivity index (χ2v) is 12.0. The lowest BCUT2D eigenvalue weighted by atomic mass is 10.0. The number of anilines is 1. The molecule has 4 heterocycles. The highest BCUT2D eigenvalue weighted by atomic mass is 32.2. The molecule has 4 atom stereocenters. The van der Waals surface area contributed by atoms with Gasteiger partial charge in [-0.25, -0.2) is 9.97 Å². The van der Waals surface area contributed by atoms with E-state index in [4.69, 9.17) is 24.9 Å². The fraction of sp³-hybridized carbons (Fsp3) is 0.571. The zero-order valence-corrected chi connectivity index (χ0v) is 22.7. The Morgan fingerprint density at radius 1 is 1.03 bits per heavy atom. The van der Waals surface area contributed by atoms with Crippen LogP contribution in [0.15, 0.2) is 41.4 Å². The van der Waals surface area contributed by atoms with Gasteiger partial charge in [0.05, 0.1) is 18.8 Å². The molecule has 1 saturated carbocycles. The van der Waals surface area contributed by atoms with Gasteiger partial charge < -0.3 is 25.0 Å². The molecule has 1 aromatic carbocycles. The quantitative estimate of drug-likeness (QED) is 0.419. The molecular weight excluding hydrogens is 488 g/mol. The Labute approximate surface area is 222 Å². The first kappa shape index (κ1) is 26.4. The second kappa shape index (κ2) is 10.9.